The highest BCUT2D eigenvalue weighted by atomic mass is 19.1. The van der Waals surface area contributed by atoms with Crippen molar-refractivity contribution in [3.8, 4) is 17.0 Å². The van der Waals surface area contributed by atoms with Gasteiger partial charge in [-0.15, -0.1) is 0 Å². The predicted molar refractivity (Wildman–Crippen MR) is 109 cm³/mol. The molecule has 0 aliphatic rings. The third-order valence-corrected chi connectivity index (χ3v) is 4.66. The van der Waals surface area contributed by atoms with Crippen LogP contribution in [0.5, 0.6) is 5.75 Å². The van der Waals surface area contributed by atoms with Crippen LogP contribution in [-0.4, -0.2) is 34.4 Å². The average molecular weight is 391 g/mol. The largest absolute Gasteiger partial charge is 0.494 e. The molecule has 0 saturated heterocycles. The van der Waals surface area contributed by atoms with Crippen molar-refractivity contribution in [1.29, 1.82) is 0 Å². The molecule has 146 valence electrons. The number of anilines is 2. The van der Waals surface area contributed by atoms with E-state index >= 15 is 0 Å². The minimum Gasteiger partial charge on any atom is -0.494 e. The van der Waals surface area contributed by atoms with E-state index in [9.17, 15) is 9.18 Å². The van der Waals surface area contributed by atoms with Crippen molar-refractivity contribution >= 4 is 23.1 Å². The SMILES string of the molecule is COc1cc(N(C)C(=O)c2ccc3ncc(-c4ccc(N)nc4)n3c2)ccc1F. The van der Waals surface area contributed by atoms with Crippen molar-refractivity contribution < 1.29 is 13.9 Å². The number of methoxy groups -OCH3 is 1. The summed E-state index contributed by atoms with van der Waals surface area (Å²) in [6, 6.07) is 11.3. The summed E-state index contributed by atoms with van der Waals surface area (Å²) in [4.78, 5) is 22.9. The molecule has 0 radical (unpaired) electrons. The number of imidazole rings is 1. The number of rotatable bonds is 4. The summed E-state index contributed by atoms with van der Waals surface area (Å²) < 4.78 is 20.5. The maximum absolute atomic E-state index is 13.7. The molecule has 0 aliphatic heterocycles. The van der Waals surface area contributed by atoms with E-state index in [1.165, 1.54) is 30.2 Å². The lowest BCUT2D eigenvalue weighted by atomic mass is 10.2. The summed E-state index contributed by atoms with van der Waals surface area (Å²) >= 11 is 0. The topological polar surface area (TPSA) is 85.8 Å². The smallest absolute Gasteiger partial charge is 0.259 e. The number of nitrogens with zero attached hydrogens (tertiary/aromatic N) is 4. The molecule has 3 heterocycles. The number of amides is 1. The van der Waals surface area contributed by atoms with Crippen molar-refractivity contribution in [3.05, 3.63) is 72.4 Å². The normalized spacial score (nSPS) is 10.9. The minimum atomic E-state index is -0.487. The Morgan fingerprint density at radius 2 is 1.97 bits per heavy atom. The fraction of sp³-hybridized carbons (Fsp3) is 0.0952. The summed E-state index contributed by atoms with van der Waals surface area (Å²) in [5, 5.41) is 0. The van der Waals surface area contributed by atoms with E-state index in [-0.39, 0.29) is 11.7 Å². The number of ether oxygens (including phenoxy) is 1. The van der Waals surface area contributed by atoms with Crippen LogP contribution in [0, 0.1) is 5.82 Å². The van der Waals surface area contributed by atoms with Gasteiger partial charge < -0.3 is 15.4 Å². The Balaban J connectivity index is 1.71. The Morgan fingerprint density at radius 3 is 2.69 bits per heavy atom. The van der Waals surface area contributed by atoms with Crippen LogP contribution in [0.4, 0.5) is 15.9 Å². The van der Waals surface area contributed by atoms with Gasteiger partial charge >= 0.3 is 0 Å². The number of carbonyl (C=O) groups is 1. The maximum Gasteiger partial charge on any atom is 0.259 e. The predicted octanol–water partition coefficient (Wildman–Crippen LogP) is 3.40. The minimum absolute atomic E-state index is 0.0744. The highest BCUT2D eigenvalue weighted by Gasteiger charge is 2.17. The molecule has 0 atom stereocenters. The number of pyridine rings is 2. The number of aromatic nitrogens is 3. The first-order chi connectivity index (χ1) is 14.0. The zero-order chi connectivity index (χ0) is 20.5. The van der Waals surface area contributed by atoms with Gasteiger partial charge in [-0.25, -0.2) is 14.4 Å². The lowest BCUT2D eigenvalue weighted by molar-refractivity contribution is 0.0992. The quantitative estimate of drug-likeness (QED) is 0.576. The molecule has 7 nitrogen and oxygen atoms in total. The molecule has 3 aromatic heterocycles. The van der Waals surface area contributed by atoms with Crippen LogP contribution < -0.4 is 15.4 Å². The molecule has 0 saturated carbocycles. The van der Waals surface area contributed by atoms with E-state index in [2.05, 4.69) is 9.97 Å². The summed E-state index contributed by atoms with van der Waals surface area (Å²) in [5.74, 6) is -0.241. The fourth-order valence-electron chi connectivity index (χ4n) is 3.05. The molecule has 1 aromatic carbocycles. The van der Waals surface area contributed by atoms with Gasteiger partial charge in [0.2, 0.25) is 0 Å². The second-order valence-electron chi connectivity index (χ2n) is 6.44. The molecule has 4 aromatic rings. The number of fused-ring (bicyclic) bond motifs is 1. The first kappa shape index (κ1) is 18.4. The number of nitrogen functional groups attached to an aromatic ring is 1. The molecule has 0 spiro atoms. The molecule has 0 fully saturated rings. The highest BCUT2D eigenvalue weighted by Crippen LogP contribution is 2.26. The van der Waals surface area contributed by atoms with E-state index in [0.717, 1.165) is 11.3 Å². The third kappa shape index (κ3) is 3.36. The van der Waals surface area contributed by atoms with Gasteiger partial charge in [-0.2, -0.15) is 0 Å². The van der Waals surface area contributed by atoms with Crippen LogP contribution in [0.3, 0.4) is 0 Å². The van der Waals surface area contributed by atoms with Crippen LogP contribution in [0.25, 0.3) is 16.9 Å². The molecular formula is C21H18FN5O2. The average Bonchev–Trinajstić information content (AvgIpc) is 3.17. The Labute approximate surface area is 166 Å². The van der Waals surface area contributed by atoms with Gasteiger partial charge in [-0.05, 0) is 36.4 Å². The Kier molecular flexibility index (Phi) is 4.59. The van der Waals surface area contributed by atoms with Crippen LogP contribution in [-0.2, 0) is 0 Å². The van der Waals surface area contributed by atoms with Gasteiger partial charge in [0.25, 0.3) is 5.91 Å². The van der Waals surface area contributed by atoms with E-state index in [1.54, 1.807) is 43.8 Å². The van der Waals surface area contributed by atoms with Crippen LogP contribution >= 0.6 is 0 Å². The number of nitrogens with two attached hydrogens (primary N) is 1. The van der Waals surface area contributed by atoms with Gasteiger partial charge in [0.15, 0.2) is 11.6 Å². The van der Waals surface area contributed by atoms with Gasteiger partial charge in [-0.3, -0.25) is 9.20 Å². The molecule has 4 rings (SSSR count). The third-order valence-electron chi connectivity index (χ3n) is 4.66. The molecule has 2 N–H and O–H groups in total. The molecule has 1 amide bonds. The van der Waals surface area contributed by atoms with Crippen molar-refractivity contribution in [2.45, 2.75) is 0 Å². The zero-order valence-electron chi connectivity index (χ0n) is 15.8. The van der Waals surface area contributed by atoms with E-state index in [0.29, 0.717) is 22.7 Å². The number of carbonyl (C=O) groups excluding carboxylic acids is 1. The fourth-order valence-corrected chi connectivity index (χ4v) is 3.05. The maximum atomic E-state index is 13.7. The highest BCUT2D eigenvalue weighted by molar-refractivity contribution is 6.05. The van der Waals surface area contributed by atoms with Gasteiger partial charge in [0, 0.05) is 36.8 Å². The van der Waals surface area contributed by atoms with Crippen LogP contribution in [0.2, 0.25) is 0 Å². The van der Waals surface area contributed by atoms with Gasteiger partial charge in [-0.1, -0.05) is 0 Å². The molecule has 0 aliphatic carbocycles. The molecular weight excluding hydrogens is 373 g/mol. The molecule has 0 unspecified atom stereocenters. The molecule has 29 heavy (non-hydrogen) atoms. The summed E-state index contributed by atoms with van der Waals surface area (Å²) in [6.45, 7) is 0. The van der Waals surface area contributed by atoms with E-state index in [4.69, 9.17) is 10.5 Å². The monoisotopic (exact) mass is 391 g/mol. The van der Waals surface area contributed by atoms with Gasteiger partial charge in [0.05, 0.1) is 24.6 Å². The van der Waals surface area contributed by atoms with E-state index in [1.807, 2.05) is 10.5 Å². The number of benzene rings is 1. The first-order valence-corrected chi connectivity index (χ1v) is 8.78. The lowest BCUT2D eigenvalue weighted by Gasteiger charge is -2.18. The number of hydrogen-bond acceptors (Lipinski definition) is 5. The molecule has 0 bridgehead atoms. The van der Waals surface area contributed by atoms with Gasteiger partial charge in [0.1, 0.15) is 11.5 Å². The zero-order valence-corrected chi connectivity index (χ0v) is 15.8. The summed E-state index contributed by atoms with van der Waals surface area (Å²) in [5.41, 5.74) is 8.93. The second-order valence-corrected chi connectivity index (χ2v) is 6.44. The van der Waals surface area contributed by atoms with Crippen molar-refractivity contribution in [3.63, 3.8) is 0 Å². The van der Waals surface area contributed by atoms with Crippen molar-refractivity contribution in [1.82, 2.24) is 14.4 Å². The molecule has 8 heteroatoms. The summed E-state index contributed by atoms with van der Waals surface area (Å²) in [7, 11) is 3.00. The lowest BCUT2D eigenvalue weighted by Crippen LogP contribution is -2.26. The standard InChI is InChI=1S/C21H18FN5O2/c1-26(15-5-6-16(22)18(9-15)29-2)21(28)14-4-8-20-25-11-17(27(20)12-14)13-3-7-19(23)24-10-13/h3-12H,1-2H3,(H2,23,24). The number of hydrogen-bond donors (Lipinski definition) is 1. The van der Waals surface area contributed by atoms with Crippen molar-refractivity contribution in [2.24, 2.45) is 0 Å². The van der Waals surface area contributed by atoms with Crippen LogP contribution in [0.1, 0.15) is 10.4 Å². The second kappa shape index (κ2) is 7.23. The first-order valence-electron chi connectivity index (χ1n) is 8.78. The Bertz CT molecular complexity index is 1200. The number of halogens is 1. The van der Waals surface area contributed by atoms with Crippen LogP contribution in [0.15, 0.2) is 61.1 Å². The Morgan fingerprint density at radius 1 is 1.14 bits per heavy atom. The van der Waals surface area contributed by atoms with E-state index < -0.39 is 5.82 Å². The Hall–Kier alpha value is -3.94. The summed E-state index contributed by atoms with van der Waals surface area (Å²) in [6.07, 6.45) is 5.09. The van der Waals surface area contributed by atoms with Crippen molar-refractivity contribution in [2.75, 3.05) is 24.8 Å².